The summed E-state index contributed by atoms with van der Waals surface area (Å²) in [5, 5.41) is 7.22. The second-order valence-corrected chi connectivity index (χ2v) is 3.27. The zero-order valence-electron chi connectivity index (χ0n) is 9.07. The molecule has 1 aromatic rings. The molecule has 0 saturated heterocycles. The second kappa shape index (κ2) is 5.27. The van der Waals surface area contributed by atoms with Crippen LogP contribution < -0.4 is 11.5 Å². The molecule has 1 rings (SSSR count). The molecule has 0 saturated carbocycles. The van der Waals surface area contributed by atoms with E-state index < -0.39 is 12.0 Å². The normalized spacial score (nSPS) is 11.9. The Morgan fingerprint density at radius 1 is 1.44 bits per heavy atom. The van der Waals surface area contributed by atoms with E-state index in [2.05, 4.69) is 0 Å². The highest BCUT2D eigenvalue weighted by Crippen LogP contribution is 2.12. The number of nitrogens with one attached hydrogen (secondary N) is 1. The highest BCUT2D eigenvalue weighted by atomic mass is 16.5. The maximum atomic E-state index is 11.3. The molecule has 0 fully saturated rings. The van der Waals surface area contributed by atoms with Crippen LogP contribution >= 0.6 is 0 Å². The molecular weight excluding hydrogens is 206 g/mol. The summed E-state index contributed by atoms with van der Waals surface area (Å²) < 4.78 is 4.80. The average molecular weight is 221 g/mol. The van der Waals surface area contributed by atoms with Crippen LogP contribution in [0.15, 0.2) is 24.3 Å². The Morgan fingerprint density at radius 3 is 2.44 bits per heavy atom. The molecule has 5 nitrogen and oxygen atoms in total. The van der Waals surface area contributed by atoms with Crippen LogP contribution in [-0.4, -0.2) is 18.4 Å². The molecule has 1 atom stereocenters. The molecule has 0 heterocycles. The van der Waals surface area contributed by atoms with Crippen LogP contribution in [0.4, 0.5) is 0 Å². The van der Waals surface area contributed by atoms with Gasteiger partial charge in [-0.05, 0) is 12.5 Å². The summed E-state index contributed by atoms with van der Waals surface area (Å²) in [7, 11) is 0. The van der Waals surface area contributed by atoms with E-state index in [9.17, 15) is 4.79 Å². The van der Waals surface area contributed by atoms with E-state index in [0.717, 1.165) is 0 Å². The SMILES string of the molecule is CCOC(=O)[C@@H](N)c1ccc(C(=N)N)cc1. The molecule has 5 N–H and O–H groups in total. The summed E-state index contributed by atoms with van der Waals surface area (Å²) in [6.07, 6.45) is 0. The van der Waals surface area contributed by atoms with E-state index in [4.69, 9.17) is 21.6 Å². The first kappa shape index (κ1) is 12.2. The van der Waals surface area contributed by atoms with Crippen LogP contribution in [0.5, 0.6) is 0 Å². The molecule has 16 heavy (non-hydrogen) atoms. The summed E-state index contributed by atoms with van der Waals surface area (Å²) in [5.41, 5.74) is 12.2. The van der Waals surface area contributed by atoms with Crippen molar-refractivity contribution in [1.29, 1.82) is 5.41 Å². The highest BCUT2D eigenvalue weighted by molar-refractivity contribution is 5.95. The Balaban J connectivity index is 2.81. The first-order chi connectivity index (χ1) is 7.56. The van der Waals surface area contributed by atoms with Gasteiger partial charge in [0.1, 0.15) is 11.9 Å². The van der Waals surface area contributed by atoms with Crippen LogP contribution in [0.3, 0.4) is 0 Å². The molecule has 0 bridgehead atoms. The largest absolute Gasteiger partial charge is 0.465 e. The van der Waals surface area contributed by atoms with Gasteiger partial charge in [-0.25, -0.2) is 4.79 Å². The van der Waals surface area contributed by atoms with Crippen molar-refractivity contribution >= 4 is 11.8 Å². The van der Waals surface area contributed by atoms with Gasteiger partial charge in [-0.15, -0.1) is 0 Å². The van der Waals surface area contributed by atoms with Crippen molar-refractivity contribution in [2.24, 2.45) is 11.5 Å². The lowest BCUT2D eigenvalue weighted by molar-refractivity contribution is -0.144. The van der Waals surface area contributed by atoms with Gasteiger partial charge < -0.3 is 16.2 Å². The Hall–Kier alpha value is -1.88. The van der Waals surface area contributed by atoms with Crippen molar-refractivity contribution < 1.29 is 9.53 Å². The zero-order valence-corrected chi connectivity index (χ0v) is 9.07. The fourth-order valence-electron chi connectivity index (χ4n) is 1.24. The number of ether oxygens (including phenoxy) is 1. The lowest BCUT2D eigenvalue weighted by atomic mass is 10.1. The Bertz CT molecular complexity index is 387. The monoisotopic (exact) mass is 221 g/mol. The second-order valence-electron chi connectivity index (χ2n) is 3.27. The fourth-order valence-corrected chi connectivity index (χ4v) is 1.24. The number of amidine groups is 1. The fraction of sp³-hybridized carbons (Fsp3) is 0.273. The number of hydrogen-bond acceptors (Lipinski definition) is 4. The molecule has 0 radical (unpaired) electrons. The summed E-state index contributed by atoms with van der Waals surface area (Å²) in [6.45, 7) is 2.03. The lowest BCUT2D eigenvalue weighted by Crippen LogP contribution is -2.23. The van der Waals surface area contributed by atoms with Crippen LogP contribution in [0.2, 0.25) is 0 Å². The Kier molecular flexibility index (Phi) is 4.02. The molecular formula is C11H15N3O2. The van der Waals surface area contributed by atoms with E-state index in [1.54, 1.807) is 31.2 Å². The van der Waals surface area contributed by atoms with E-state index in [1.165, 1.54) is 0 Å². The zero-order chi connectivity index (χ0) is 12.1. The van der Waals surface area contributed by atoms with Crippen LogP contribution in [0.25, 0.3) is 0 Å². The Morgan fingerprint density at radius 2 is 2.00 bits per heavy atom. The first-order valence-corrected chi connectivity index (χ1v) is 4.92. The van der Waals surface area contributed by atoms with Gasteiger partial charge in [-0.1, -0.05) is 24.3 Å². The molecule has 5 heteroatoms. The lowest BCUT2D eigenvalue weighted by Gasteiger charge is -2.11. The summed E-state index contributed by atoms with van der Waals surface area (Å²) in [5.74, 6) is -0.477. The van der Waals surface area contributed by atoms with E-state index in [-0.39, 0.29) is 5.84 Å². The molecule has 1 aromatic carbocycles. The number of carbonyl (C=O) groups excluding carboxylic acids is 1. The number of nitrogens with two attached hydrogens (primary N) is 2. The molecule has 0 aliphatic rings. The number of nitrogen functional groups attached to an aromatic ring is 1. The summed E-state index contributed by atoms with van der Waals surface area (Å²) in [6, 6.07) is 5.84. The minimum absolute atomic E-state index is 0.0174. The number of benzene rings is 1. The third-order valence-corrected chi connectivity index (χ3v) is 2.12. The average Bonchev–Trinajstić information content (AvgIpc) is 2.28. The van der Waals surface area contributed by atoms with Crippen molar-refractivity contribution in [2.45, 2.75) is 13.0 Å². The first-order valence-electron chi connectivity index (χ1n) is 4.92. The van der Waals surface area contributed by atoms with Crippen molar-refractivity contribution in [2.75, 3.05) is 6.61 Å². The summed E-state index contributed by atoms with van der Waals surface area (Å²) >= 11 is 0. The van der Waals surface area contributed by atoms with Crippen LogP contribution in [-0.2, 0) is 9.53 Å². The van der Waals surface area contributed by atoms with Gasteiger partial charge >= 0.3 is 5.97 Å². The van der Waals surface area contributed by atoms with E-state index in [0.29, 0.717) is 17.7 Å². The number of rotatable bonds is 4. The predicted octanol–water partition coefficient (Wildman–Crippen LogP) is 0.534. The predicted molar refractivity (Wildman–Crippen MR) is 61.0 cm³/mol. The maximum absolute atomic E-state index is 11.3. The highest BCUT2D eigenvalue weighted by Gasteiger charge is 2.16. The van der Waals surface area contributed by atoms with Crippen molar-refractivity contribution in [3.63, 3.8) is 0 Å². The van der Waals surface area contributed by atoms with Crippen LogP contribution in [0.1, 0.15) is 24.1 Å². The third kappa shape index (κ3) is 2.80. The standard InChI is InChI=1S/C11H15N3O2/c1-2-16-11(15)9(12)7-3-5-8(6-4-7)10(13)14/h3-6,9H,2,12H2,1H3,(H3,13,14)/t9-/m0/s1. The van der Waals surface area contributed by atoms with Gasteiger partial charge in [0.2, 0.25) is 0 Å². The number of esters is 1. The minimum Gasteiger partial charge on any atom is -0.465 e. The quantitative estimate of drug-likeness (QED) is 0.392. The molecule has 86 valence electrons. The van der Waals surface area contributed by atoms with Crippen molar-refractivity contribution in [1.82, 2.24) is 0 Å². The Labute approximate surface area is 93.9 Å². The van der Waals surface area contributed by atoms with E-state index in [1.807, 2.05) is 0 Å². The summed E-state index contributed by atoms with van der Waals surface area (Å²) in [4.78, 5) is 11.3. The molecule has 0 aromatic heterocycles. The molecule has 0 aliphatic heterocycles. The van der Waals surface area contributed by atoms with Gasteiger partial charge in [0.15, 0.2) is 0 Å². The van der Waals surface area contributed by atoms with Crippen molar-refractivity contribution in [3.8, 4) is 0 Å². The molecule has 0 unspecified atom stereocenters. The van der Waals surface area contributed by atoms with Gasteiger partial charge in [-0.2, -0.15) is 0 Å². The molecule has 0 amide bonds. The van der Waals surface area contributed by atoms with Gasteiger partial charge in [0.05, 0.1) is 6.61 Å². The third-order valence-electron chi connectivity index (χ3n) is 2.12. The smallest absolute Gasteiger partial charge is 0.327 e. The number of carbonyl (C=O) groups is 1. The number of hydrogen-bond donors (Lipinski definition) is 3. The molecule has 0 aliphatic carbocycles. The molecule has 0 spiro atoms. The maximum Gasteiger partial charge on any atom is 0.327 e. The van der Waals surface area contributed by atoms with Gasteiger partial charge in [0.25, 0.3) is 0 Å². The van der Waals surface area contributed by atoms with E-state index >= 15 is 0 Å². The van der Waals surface area contributed by atoms with Crippen molar-refractivity contribution in [3.05, 3.63) is 35.4 Å². The minimum atomic E-state index is -0.791. The topological polar surface area (TPSA) is 102 Å². The van der Waals surface area contributed by atoms with Gasteiger partial charge in [-0.3, -0.25) is 5.41 Å². The van der Waals surface area contributed by atoms with Gasteiger partial charge in [0, 0.05) is 5.56 Å². The van der Waals surface area contributed by atoms with Crippen LogP contribution in [0, 0.1) is 5.41 Å².